The molecule has 1 aromatic carbocycles. The number of carbonyl (C=O) groups is 2. The maximum Gasteiger partial charge on any atom is 0.289 e. The van der Waals surface area contributed by atoms with Crippen LogP contribution in [-0.2, 0) is 13.0 Å². The molecule has 2 amide bonds. The number of amides is 2. The molecule has 0 aliphatic carbocycles. The van der Waals surface area contributed by atoms with E-state index in [1.165, 1.54) is 6.42 Å². The predicted octanol–water partition coefficient (Wildman–Crippen LogP) is 3.10. The lowest BCUT2D eigenvalue weighted by molar-refractivity contribution is 0.0705. The van der Waals surface area contributed by atoms with Crippen molar-refractivity contribution in [3.05, 3.63) is 47.5 Å². The minimum Gasteiger partial charge on any atom is -0.336 e. The summed E-state index contributed by atoms with van der Waals surface area (Å²) in [5.41, 5.74) is 2.03. The van der Waals surface area contributed by atoms with Gasteiger partial charge in [-0.2, -0.15) is 0 Å². The average molecular weight is 352 g/mol. The van der Waals surface area contributed by atoms with Gasteiger partial charge in [-0.15, -0.1) is 0 Å². The molecule has 3 heterocycles. The molecule has 0 atom stereocenters. The van der Waals surface area contributed by atoms with E-state index in [4.69, 9.17) is 0 Å². The van der Waals surface area contributed by atoms with Crippen molar-refractivity contribution in [2.75, 3.05) is 18.4 Å². The van der Waals surface area contributed by atoms with E-state index in [2.05, 4.69) is 10.3 Å². The van der Waals surface area contributed by atoms with Gasteiger partial charge >= 0.3 is 0 Å². The third kappa shape index (κ3) is 3.23. The number of hydrogen-bond acceptors (Lipinski definition) is 3. The van der Waals surface area contributed by atoms with Crippen molar-refractivity contribution < 1.29 is 9.59 Å². The fourth-order valence-electron chi connectivity index (χ4n) is 3.84. The van der Waals surface area contributed by atoms with Crippen molar-refractivity contribution in [1.29, 1.82) is 0 Å². The third-order valence-corrected chi connectivity index (χ3v) is 5.20. The molecule has 136 valence electrons. The first-order valence-electron chi connectivity index (χ1n) is 9.49. The van der Waals surface area contributed by atoms with Crippen LogP contribution in [0, 0.1) is 0 Å². The monoisotopic (exact) mass is 352 g/mol. The minimum atomic E-state index is -0.237. The summed E-state index contributed by atoms with van der Waals surface area (Å²) in [5, 5.41) is 2.90. The third-order valence-electron chi connectivity index (χ3n) is 5.20. The van der Waals surface area contributed by atoms with Crippen LogP contribution >= 0.6 is 0 Å². The van der Waals surface area contributed by atoms with E-state index in [9.17, 15) is 9.59 Å². The second kappa shape index (κ2) is 7.32. The SMILES string of the molecule is O=C(Nc1ccccc1)c1nc(C(=O)N2CCCCC2)n2c1CCCC2. The van der Waals surface area contributed by atoms with Gasteiger partial charge in [-0.3, -0.25) is 9.59 Å². The summed E-state index contributed by atoms with van der Waals surface area (Å²) in [6.45, 7) is 2.33. The summed E-state index contributed by atoms with van der Waals surface area (Å²) in [4.78, 5) is 32.2. The summed E-state index contributed by atoms with van der Waals surface area (Å²) in [6.07, 6.45) is 6.09. The van der Waals surface area contributed by atoms with Gasteiger partial charge in [0.05, 0.1) is 5.69 Å². The Balaban J connectivity index is 1.64. The Morgan fingerprint density at radius 1 is 0.923 bits per heavy atom. The number of aromatic nitrogens is 2. The standard InChI is InChI=1S/C20H24N4O2/c25-19(21-15-9-3-1-4-10-15)17-16-11-5-8-14-24(16)18(22-17)20(26)23-12-6-2-7-13-23/h1,3-4,9-10H,2,5-8,11-14H2,(H,21,25). The number of hydrogen-bond donors (Lipinski definition) is 1. The van der Waals surface area contributed by atoms with Crippen LogP contribution in [0.3, 0.4) is 0 Å². The predicted molar refractivity (Wildman–Crippen MR) is 99.3 cm³/mol. The van der Waals surface area contributed by atoms with Gasteiger partial charge in [-0.05, 0) is 50.7 Å². The normalized spacial score (nSPS) is 16.8. The molecule has 6 heteroatoms. The highest BCUT2D eigenvalue weighted by atomic mass is 16.2. The maximum absolute atomic E-state index is 13.0. The number of nitrogens with one attached hydrogen (secondary N) is 1. The van der Waals surface area contributed by atoms with Gasteiger partial charge in [0.2, 0.25) is 0 Å². The van der Waals surface area contributed by atoms with E-state index in [-0.39, 0.29) is 11.8 Å². The van der Waals surface area contributed by atoms with Gasteiger partial charge < -0.3 is 14.8 Å². The Bertz CT molecular complexity index is 807. The number of para-hydroxylation sites is 1. The Morgan fingerprint density at radius 3 is 2.42 bits per heavy atom. The maximum atomic E-state index is 13.0. The van der Waals surface area contributed by atoms with Crippen LogP contribution in [0.5, 0.6) is 0 Å². The highest BCUT2D eigenvalue weighted by Gasteiger charge is 2.30. The summed E-state index contributed by atoms with van der Waals surface area (Å²) < 4.78 is 1.97. The van der Waals surface area contributed by atoms with Crippen LogP contribution in [0.2, 0.25) is 0 Å². The Labute approximate surface area is 153 Å². The van der Waals surface area contributed by atoms with Crippen LogP contribution in [0.25, 0.3) is 0 Å². The van der Waals surface area contributed by atoms with Gasteiger partial charge in [-0.25, -0.2) is 4.98 Å². The number of benzene rings is 1. The molecule has 0 unspecified atom stereocenters. The zero-order chi connectivity index (χ0) is 17.9. The number of piperidine rings is 1. The van der Waals surface area contributed by atoms with Crippen molar-refractivity contribution >= 4 is 17.5 Å². The molecule has 0 bridgehead atoms. The molecule has 1 saturated heterocycles. The molecule has 0 spiro atoms. The van der Waals surface area contributed by atoms with Crippen molar-refractivity contribution in [1.82, 2.24) is 14.5 Å². The van der Waals surface area contributed by atoms with E-state index in [1.807, 2.05) is 39.8 Å². The zero-order valence-electron chi connectivity index (χ0n) is 14.9. The lowest BCUT2D eigenvalue weighted by atomic mass is 10.1. The lowest BCUT2D eigenvalue weighted by Gasteiger charge is -2.27. The van der Waals surface area contributed by atoms with Gasteiger partial charge in [0, 0.05) is 25.3 Å². The number of anilines is 1. The van der Waals surface area contributed by atoms with E-state index in [0.29, 0.717) is 11.5 Å². The second-order valence-corrected chi connectivity index (χ2v) is 7.01. The number of rotatable bonds is 3. The molecule has 1 fully saturated rings. The first kappa shape index (κ1) is 16.8. The molecular formula is C20H24N4O2. The molecule has 2 aliphatic rings. The molecule has 26 heavy (non-hydrogen) atoms. The van der Waals surface area contributed by atoms with Crippen molar-refractivity contribution in [2.24, 2.45) is 0 Å². The largest absolute Gasteiger partial charge is 0.336 e. The van der Waals surface area contributed by atoms with Gasteiger partial charge in [0.15, 0.2) is 11.5 Å². The van der Waals surface area contributed by atoms with E-state index >= 15 is 0 Å². The smallest absolute Gasteiger partial charge is 0.289 e. The quantitative estimate of drug-likeness (QED) is 0.923. The van der Waals surface area contributed by atoms with Crippen LogP contribution in [0.15, 0.2) is 30.3 Å². The fourth-order valence-corrected chi connectivity index (χ4v) is 3.84. The molecule has 0 saturated carbocycles. The van der Waals surface area contributed by atoms with Gasteiger partial charge in [0.25, 0.3) is 11.8 Å². The number of likely N-dealkylation sites (tertiary alicyclic amines) is 1. The summed E-state index contributed by atoms with van der Waals surface area (Å²) >= 11 is 0. The Kier molecular flexibility index (Phi) is 4.73. The molecule has 0 radical (unpaired) electrons. The second-order valence-electron chi connectivity index (χ2n) is 7.01. The van der Waals surface area contributed by atoms with E-state index < -0.39 is 0 Å². The summed E-state index contributed by atoms with van der Waals surface area (Å²) in [7, 11) is 0. The number of carbonyl (C=O) groups excluding carboxylic acids is 2. The molecule has 6 nitrogen and oxygen atoms in total. The highest BCUT2D eigenvalue weighted by Crippen LogP contribution is 2.24. The molecule has 1 aromatic heterocycles. The summed E-state index contributed by atoms with van der Waals surface area (Å²) in [5.74, 6) is 0.158. The topological polar surface area (TPSA) is 67.2 Å². The van der Waals surface area contributed by atoms with Crippen LogP contribution in [-0.4, -0.2) is 39.4 Å². The molecule has 2 aliphatic heterocycles. The molecular weight excluding hydrogens is 328 g/mol. The number of nitrogens with zero attached hydrogens (tertiary/aromatic N) is 3. The van der Waals surface area contributed by atoms with E-state index in [1.54, 1.807) is 0 Å². The molecule has 1 N–H and O–H groups in total. The lowest BCUT2D eigenvalue weighted by Crippen LogP contribution is -2.37. The van der Waals surface area contributed by atoms with Crippen molar-refractivity contribution in [3.8, 4) is 0 Å². The molecule has 4 rings (SSSR count). The van der Waals surface area contributed by atoms with Gasteiger partial charge in [0.1, 0.15) is 0 Å². The van der Waals surface area contributed by atoms with Gasteiger partial charge in [-0.1, -0.05) is 18.2 Å². The highest BCUT2D eigenvalue weighted by molar-refractivity contribution is 6.05. The minimum absolute atomic E-state index is 0.0355. The first-order valence-corrected chi connectivity index (χ1v) is 9.49. The van der Waals surface area contributed by atoms with Crippen molar-refractivity contribution in [3.63, 3.8) is 0 Å². The number of fused-ring (bicyclic) bond motifs is 1. The Morgan fingerprint density at radius 2 is 1.65 bits per heavy atom. The summed E-state index contributed by atoms with van der Waals surface area (Å²) in [6, 6.07) is 9.36. The van der Waals surface area contributed by atoms with E-state index in [0.717, 1.165) is 63.1 Å². The first-order chi connectivity index (χ1) is 12.7. The average Bonchev–Trinajstić information content (AvgIpc) is 3.09. The molecule has 2 aromatic rings. The fraction of sp³-hybridized carbons (Fsp3) is 0.450. The number of imidazole rings is 1. The Hall–Kier alpha value is -2.63. The van der Waals surface area contributed by atoms with Crippen LogP contribution in [0.4, 0.5) is 5.69 Å². The van der Waals surface area contributed by atoms with Crippen molar-refractivity contribution in [2.45, 2.75) is 45.1 Å². The van der Waals surface area contributed by atoms with Crippen LogP contribution < -0.4 is 5.32 Å². The van der Waals surface area contributed by atoms with Crippen LogP contribution in [0.1, 0.15) is 58.9 Å². The zero-order valence-corrected chi connectivity index (χ0v) is 14.9.